The van der Waals surface area contributed by atoms with Gasteiger partial charge >= 0.3 is 0 Å². The summed E-state index contributed by atoms with van der Waals surface area (Å²) < 4.78 is 14.8. The van der Waals surface area contributed by atoms with E-state index < -0.39 is 11.7 Å². The molecule has 0 aromatic heterocycles. The first-order valence-corrected chi connectivity index (χ1v) is 9.09. The Morgan fingerprint density at radius 2 is 1.72 bits per heavy atom. The highest BCUT2D eigenvalue weighted by Crippen LogP contribution is 2.30. The van der Waals surface area contributed by atoms with E-state index in [1.54, 1.807) is 6.07 Å². The minimum Gasteiger partial charge on any atom is -0.368 e. The van der Waals surface area contributed by atoms with Crippen molar-refractivity contribution in [1.82, 2.24) is 0 Å². The van der Waals surface area contributed by atoms with Crippen molar-refractivity contribution < 1.29 is 9.18 Å². The van der Waals surface area contributed by atoms with E-state index in [0.29, 0.717) is 28.3 Å². The van der Waals surface area contributed by atoms with Gasteiger partial charge in [-0.3, -0.25) is 4.79 Å². The molecule has 0 aliphatic carbocycles. The van der Waals surface area contributed by atoms with Gasteiger partial charge in [-0.2, -0.15) is 0 Å². The molecule has 0 saturated carbocycles. The molecule has 0 atom stereocenters. The molecule has 2 aromatic rings. The molecular weight excluding hydrogens is 409 g/mol. The number of aryl methyl sites for hydroxylation is 1. The van der Waals surface area contributed by atoms with Crippen molar-refractivity contribution in [3.8, 4) is 0 Å². The van der Waals surface area contributed by atoms with Crippen molar-refractivity contribution in [3.05, 3.63) is 56.8 Å². The molecule has 25 heavy (non-hydrogen) atoms. The summed E-state index contributed by atoms with van der Waals surface area (Å²) in [7, 11) is 0. The molecule has 1 aliphatic heterocycles. The maximum absolute atomic E-state index is 14.2. The second-order valence-electron chi connectivity index (χ2n) is 6.05. The van der Waals surface area contributed by atoms with Gasteiger partial charge < -0.3 is 15.5 Å². The molecule has 1 aliphatic rings. The number of carbonyl (C=O) groups excluding carboxylic acids is 1. The van der Waals surface area contributed by atoms with Gasteiger partial charge in [-0.15, -0.1) is 0 Å². The maximum Gasteiger partial charge on any atom is 0.253 e. The number of nitrogens with two attached hydrogens (primary N) is 1. The second kappa shape index (κ2) is 7.22. The molecule has 0 bridgehead atoms. The van der Waals surface area contributed by atoms with Crippen molar-refractivity contribution in [2.45, 2.75) is 6.92 Å². The third kappa shape index (κ3) is 3.75. The lowest BCUT2D eigenvalue weighted by Crippen LogP contribution is -2.47. The number of carbonyl (C=O) groups is 1. The standard InChI is InChI=1S/C18H18BrClFN3O/c1-11-2-3-13(20)10-15(11)23-4-6-24(7-5-23)16-9-12(19)8-14(21)17(16)18(22)25/h2-3,8-10H,4-7H2,1H3,(H2,22,25). The monoisotopic (exact) mass is 425 g/mol. The van der Waals surface area contributed by atoms with Crippen LogP contribution in [0.25, 0.3) is 0 Å². The largest absolute Gasteiger partial charge is 0.368 e. The van der Waals surface area contributed by atoms with Crippen molar-refractivity contribution in [2.75, 3.05) is 36.0 Å². The first-order chi connectivity index (χ1) is 11.9. The lowest BCUT2D eigenvalue weighted by atomic mass is 10.1. The maximum atomic E-state index is 14.2. The van der Waals surface area contributed by atoms with Gasteiger partial charge in [0.25, 0.3) is 5.91 Å². The highest BCUT2D eigenvalue weighted by molar-refractivity contribution is 9.10. The van der Waals surface area contributed by atoms with Gasteiger partial charge in [-0.25, -0.2) is 4.39 Å². The fraction of sp³-hybridized carbons (Fsp3) is 0.278. The average Bonchev–Trinajstić information content (AvgIpc) is 2.56. The van der Waals surface area contributed by atoms with Gasteiger partial charge in [0.1, 0.15) is 5.82 Å². The van der Waals surface area contributed by atoms with Crippen LogP contribution in [0.5, 0.6) is 0 Å². The normalized spacial score (nSPS) is 14.7. The van der Waals surface area contributed by atoms with Crippen LogP contribution in [-0.4, -0.2) is 32.1 Å². The number of hydrogen-bond acceptors (Lipinski definition) is 3. The predicted molar refractivity (Wildman–Crippen MR) is 103 cm³/mol. The SMILES string of the molecule is Cc1ccc(Cl)cc1N1CCN(c2cc(Br)cc(F)c2C(N)=O)CC1. The molecular formula is C18H18BrClFN3O. The number of amides is 1. The van der Waals surface area contributed by atoms with E-state index in [9.17, 15) is 9.18 Å². The third-order valence-corrected chi connectivity index (χ3v) is 5.11. The van der Waals surface area contributed by atoms with Crippen LogP contribution < -0.4 is 15.5 Å². The summed E-state index contributed by atoms with van der Waals surface area (Å²) in [5.74, 6) is -1.36. The first-order valence-electron chi connectivity index (χ1n) is 7.91. The zero-order chi connectivity index (χ0) is 18.1. The first kappa shape index (κ1) is 18.0. The zero-order valence-electron chi connectivity index (χ0n) is 13.7. The minimum atomic E-state index is -0.756. The number of rotatable bonds is 3. The lowest BCUT2D eigenvalue weighted by molar-refractivity contribution is 0.0997. The van der Waals surface area contributed by atoms with E-state index in [-0.39, 0.29) is 5.56 Å². The average molecular weight is 427 g/mol. The molecule has 1 fully saturated rings. The fourth-order valence-corrected chi connectivity index (χ4v) is 3.75. The summed E-state index contributed by atoms with van der Waals surface area (Å²) in [6.07, 6.45) is 0. The Morgan fingerprint density at radius 3 is 2.32 bits per heavy atom. The van der Waals surface area contributed by atoms with Gasteiger partial charge in [0.2, 0.25) is 0 Å². The lowest BCUT2D eigenvalue weighted by Gasteiger charge is -2.38. The molecule has 132 valence electrons. The molecule has 3 rings (SSSR count). The fourth-order valence-electron chi connectivity index (χ4n) is 3.16. The molecule has 0 unspecified atom stereocenters. The highest BCUT2D eigenvalue weighted by Gasteiger charge is 2.24. The van der Waals surface area contributed by atoms with Crippen LogP contribution in [0.15, 0.2) is 34.8 Å². The number of nitrogens with zero attached hydrogens (tertiary/aromatic N) is 2. The van der Waals surface area contributed by atoms with E-state index in [4.69, 9.17) is 17.3 Å². The topological polar surface area (TPSA) is 49.6 Å². The summed E-state index contributed by atoms with van der Waals surface area (Å²) in [6, 6.07) is 8.83. The Bertz CT molecular complexity index is 822. The minimum absolute atomic E-state index is 0.0596. The number of halogens is 3. The molecule has 4 nitrogen and oxygen atoms in total. The van der Waals surface area contributed by atoms with Gasteiger partial charge in [0, 0.05) is 41.4 Å². The Kier molecular flexibility index (Phi) is 5.20. The number of piperazine rings is 1. The predicted octanol–water partition coefficient (Wildman–Crippen LogP) is 3.98. The summed E-state index contributed by atoms with van der Waals surface area (Å²) in [4.78, 5) is 15.9. The Morgan fingerprint density at radius 1 is 1.12 bits per heavy atom. The molecule has 2 N–H and O–H groups in total. The number of benzene rings is 2. The Balaban J connectivity index is 1.83. The number of anilines is 2. The summed E-state index contributed by atoms with van der Waals surface area (Å²) >= 11 is 9.40. The summed E-state index contributed by atoms with van der Waals surface area (Å²) in [6.45, 7) is 4.85. The van der Waals surface area contributed by atoms with Crippen molar-refractivity contribution in [1.29, 1.82) is 0 Å². The molecule has 1 amide bonds. The van der Waals surface area contributed by atoms with Crippen LogP contribution in [0, 0.1) is 12.7 Å². The number of primary amides is 1. The number of hydrogen-bond donors (Lipinski definition) is 1. The van der Waals surface area contributed by atoms with Crippen LogP contribution in [0.4, 0.5) is 15.8 Å². The van der Waals surface area contributed by atoms with Crippen LogP contribution in [0.2, 0.25) is 5.02 Å². The second-order valence-corrected chi connectivity index (χ2v) is 7.40. The van der Waals surface area contributed by atoms with Gasteiger partial charge in [-0.05, 0) is 36.8 Å². The van der Waals surface area contributed by atoms with Gasteiger partial charge in [-0.1, -0.05) is 33.6 Å². The Labute approximate surface area is 159 Å². The van der Waals surface area contributed by atoms with E-state index in [1.807, 2.05) is 30.0 Å². The Hall–Kier alpha value is -1.79. The smallest absolute Gasteiger partial charge is 0.253 e. The van der Waals surface area contributed by atoms with Crippen molar-refractivity contribution in [2.24, 2.45) is 5.73 Å². The quantitative estimate of drug-likeness (QED) is 0.808. The van der Waals surface area contributed by atoms with Crippen molar-refractivity contribution in [3.63, 3.8) is 0 Å². The molecule has 2 aromatic carbocycles. The van der Waals surface area contributed by atoms with E-state index >= 15 is 0 Å². The zero-order valence-corrected chi connectivity index (χ0v) is 16.1. The summed E-state index contributed by atoms with van der Waals surface area (Å²) in [5, 5.41) is 0.702. The van der Waals surface area contributed by atoms with E-state index in [0.717, 1.165) is 24.3 Å². The van der Waals surface area contributed by atoms with Crippen LogP contribution in [0.1, 0.15) is 15.9 Å². The molecule has 1 heterocycles. The highest BCUT2D eigenvalue weighted by atomic mass is 79.9. The molecule has 0 spiro atoms. The third-order valence-electron chi connectivity index (χ3n) is 4.41. The van der Waals surface area contributed by atoms with Crippen LogP contribution in [0.3, 0.4) is 0 Å². The van der Waals surface area contributed by atoms with Crippen molar-refractivity contribution >= 4 is 44.8 Å². The van der Waals surface area contributed by atoms with Gasteiger partial charge in [0.05, 0.1) is 11.3 Å². The van der Waals surface area contributed by atoms with Crippen LogP contribution in [-0.2, 0) is 0 Å². The summed E-state index contributed by atoms with van der Waals surface area (Å²) in [5.41, 5.74) is 8.11. The molecule has 7 heteroatoms. The van der Waals surface area contributed by atoms with E-state index in [2.05, 4.69) is 20.8 Å². The van der Waals surface area contributed by atoms with Crippen LogP contribution >= 0.6 is 27.5 Å². The molecule has 0 radical (unpaired) electrons. The van der Waals surface area contributed by atoms with E-state index in [1.165, 1.54) is 6.07 Å². The van der Waals surface area contributed by atoms with Gasteiger partial charge in [0.15, 0.2) is 0 Å². The molecule has 1 saturated heterocycles.